The number of sulfone groups is 1. The summed E-state index contributed by atoms with van der Waals surface area (Å²) in [6.45, 7) is 3.85. The Bertz CT molecular complexity index is 437. The Balaban J connectivity index is 2.51. The summed E-state index contributed by atoms with van der Waals surface area (Å²) in [4.78, 5) is 0. The van der Waals surface area contributed by atoms with Gasteiger partial charge in [-0.15, -0.1) is 0 Å². The van der Waals surface area contributed by atoms with Gasteiger partial charge in [-0.05, 0) is 36.2 Å². The third-order valence-corrected chi connectivity index (χ3v) is 4.28. The van der Waals surface area contributed by atoms with E-state index in [-0.39, 0.29) is 11.8 Å². The molecule has 0 aromatic carbocycles. The predicted octanol–water partition coefficient (Wildman–Crippen LogP) is 0.978. The minimum absolute atomic E-state index is 0.0761. The standard InChI is InChI=1S/C11H19NO3S2/c1-9(7-17(3,14)15)12-8-11(2,13)10-4-5-16-6-10/h4-6,9,12-13H,7-8H2,1-3H3. The van der Waals surface area contributed by atoms with Gasteiger partial charge in [0.15, 0.2) is 0 Å². The van der Waals surface area contributed by atoms with Crippen LogP contribution in [0.4, 0.5) is 0 Å². The molecule has 0 aliphatic heterocycles. The van der Waals surface area contributed by atoms with Crippen LogP contribution in [0.15, 0.2) is 16.8 Å². The highest BCUT2D eigenvalue weighted by Gasteiger charge is 2.24. The van der Waals surface area contributed by atoms with Crippen molar-refractivity contribution in [1.29, 1.82) is 0 Å². The average Bonchev–Trinajstić information content (AvgIpc) is 2.65. The fraction of sp³-hybridized carbons (Fsp3) is 0.636. The maximum Gasteiger partial charge on any atom is 0.148 e. The first-order valence-electron chi connectivity index (χ1n) is 5.37. The van der Waals surface area contributed by atoms with Crippen molar-refractivity contribution in [1.82, 2.24) is 5.32 Å². The highest BCUT2D eigenvalue weighted by atomic mass is 32.2. The summed E-state index contributed by atoms with van der Waals surface area (Å²) in [5.74, 6) is 0.0761. The minimum Gasteiger partial charge on any atom is -0.384 e. The zero-order chi connectivity index (χ0) is 13.1. The van der Waals surface area contributed by atoms with E-state index < -0.39 is 15.4 Å². The van der Waals surface area contributed by atoms with Crippen LogP contribution in [0.2, 0.25) is 0 Å². The third-order valence-electron chi connectivity index (χ3n) is 2.49. The van der Waals surface area contributed by atoms with Gasteiger partial charge in [-0.3, -0.25) is 0 Å². The molecule has 0 saturated heterocycles. The summed E-state index contributed by atoms with van der Waals surface area (Å²) >= 11 is 1.53. The van der Waals surface area contributed by atoms with E-state index >= 15 is 0 Å². The Morgan fingerprint density at radius 3 is 2.71 bits per heavy atom. The molecule has 2 atom stereocenters. The van der Waals surface area contributed by atoms with E-state index in [0.717, 1.165) is 5.56 Å². The monoisotopic (exact) mass is 277 g/mol. The number of aliphatic hydroxyl groups is 1. The minimum atomic E-state index is -2.99. The van der Waals surface area contributed by atoms with Gasteiger partial charge < -0.3 is 10.4 Å². The van der Waals surface area contributed by atoms with E-state index in [2.05, 4.69) is 5.32 Å². The molecule has 0 aliphatic rings. The number of hydrogen-bond acceptors (Lipinski definition) is 5. The molecule has 0 fully saturated rings. The number of thiophene rings is 1. The van der Waals surface area contributed by atoms with Crippen molar-refractivity contribution < 1.29 is 13.5 Å². The first-order valence-corrected chi connectivity index (χ1v) is 8.37. The molecular weight excluding hydrogens is 258 g/mol. The van der Waals surface area contributed by atoms with Gasteiger partial charge in [0.05, 0.1) is 11.4 Å². The van der Waals surface area contributed by atoms with Crippen molar-refractivity contribution in [3.8, 4) is 0 Å². The normalized spacial score (nSPS) is 17.6. The van der Waals surface area contributed by atoms with Crippen molar-refractivity contribution in [3.63, 3.8) is 0 Å². The van der Waals surface area contributed by atoms with Gasteiger partial charge >= 0.3 is 0 Å². The Labute approximate surface area is 107 Å². The molecule has 4 nitrogen and oxygen atoms in total. The zero-order valence-corrected chi connectivity index (χ0v) is 11.9. The lowest BCUT2D eigenvalue weighted by molar-refractivity contribution is 0.0555. The molecule has 0 bridgehead atoms. The van der Waals surface area contributed by atoms with Crippen molar-refractivity contribution in [3.05, 3.63) is 22.4 Å². The number of hydrogen-bond donors (Lipinski definition) is 2. The van der Waals surface area contributed by atoms with Crippen molar-refractivity contribution in [2.75, 3.05) is 18.6 Å². The summed E-state index contributed by atoms with van der Waals surface area (Å²) in [7, 11) is -2.99. The Hall–Kier alpha value is -0.430. The molecular formula is C11H19NO3S2. The van der Waals surface area contributed by atoms with E-state index in [1.54, 1.807) is 13.8 Å². The van der Waals surface area contributed by atoms with Crippen molar-refractivity contribution in [2.24, 2.45) is 0 Å². The zero-order valence-electron chi connectivity index (χ0n) is 10.3. The fourth-order valence-corrected chi connectivity index (χ4v) is 3.37. The first kappa shape index (κ1) is 14.6. The van der Waals surface area contributed by atoms with Gasteiger partial charge in [0.2, 0.25) is 0 Å². The SMILES string of the molecule is CC(CS(C)(=O)=O)NCC(C)(O)c1ccsc1. The molecule has 17 heavy (non-hydrogen) atoms. The van der Waals surface area contributed by atoms with Crippen molar-refractivity contribution in [2.45, 2.75) is 25.5 Å². The largest absolute Gasteiger partial charge is 0.384 e. The lowest BCUT2D eigenvalue weighted by Crippen LogP contribution is -2.42. The summed E-state index contributed by atoms with van der Waals surface area (Å²) in [6.07, 6.45) is 1.21. The Kier molecular flexibility index (Phi) is 4.71. The molecule has 1 heterocycles. The molecule has 0 amide bonds. The van der Waals surface area contributed by atoms with Crippen molar-refractivity contribution >= 4 is 21.2 Å². The smallest absolute Gasteiger partial charge is 0.148 e. The van der Waals surface area contributed by atoms with Crippen LogP contribution in [-0.4, -0.2) is 38.1 Å². The number of rotatable bonds is 6. The van der Waals surface area contributed by atoms with Gasteiger partial charge in [0.1, 0.15) is 9.84 Å². The number of nitrogens with one attached hydrogen (secondary N) is 1. The summed E-state index contributed by atoms with van der Waals surface area (Å²) < 4.78 is 22.2. The average molecular weight is 277 g/mol. The second-order valence-corrected chi connectivity index (χ2v) is 7.63. The van der Waals surface area contributed by atoms with E-state index in [9.17, 15) is 13.5 Å². The second kappa shape index (κ2) is 5.48. The van der Waals surface area contributed by atoms with Crippen LogP contribution in [-0.2, 0) is 15.4 Å². The molecule has 0 radical (unpaired) electrons. The van der Waals surface area contributed by atoms with E-state index in [4.69, 9.17) is 0 Å². The van der Waals surface area contributed by atoms with E-state index in [1.807, 2.05) is 16.8 Å². The summed E-state index contributed by atoms with van der Waals surface area (Å²) in [5.41, 5.74) is -0.118. The molecule has 1 aromatic heterocycles. The maximum atomic E-state index is 11.1. The van der Waals surface area contributed by atoms with E-state index in [0.29, 0.717) is 6.54 Å². The molecule has 1 aromatic rings. The molecule has 0 aliphatic carbocycles. The molecule has 0 saturated carbocycles. The molecule has 2 N–H and O–H groups in total. The lowest BCUT2D eigenvalue weighted by Gasteiger charge is -2.25. The van der Waals surface area contributed by atoms with Crippen LogP contribution >= 0.6 is 11.3 Å². The topological polar surface area (TPSA) is 66.4 Å². The highest BCUT2D eigenvalue weighted by Crippen LogP contribution is 2.22. The van der Waals surface area contributed by atoms with Gasteiger partial charge in [0, 0.05) is 18.8 Å². The molecule has 98 valence electrons. The molecule has 1 rings (SSSR count). The van der Waals surface area contributed by atoms with Crippen LogP contribution in [0.1, 0.15) is 19.4 Å². The quantitative estimate of drug-likeness (QED) is 0.813. The van der Waals surface area contributed by atoms with Gasteiger partial charge in [-0.1, -0.05) is 0 Å². The van der Waals surface area contributed by atoms with Gasteiger partial charge in [-0.25, -0.2) is 8.42 Å². The summed E-state index contributed by atoms with van der Waals surface area (Å²) in [6, 6.07) is 1.70. The first-order chi connectivity index (χ1) is 7.71. The van der Waals surface area contributed by atoms with Crippen LogP contribution in [0.5, 0.6) is 0 Å². The molecule has 0 spiro atoms. The molecule has 6 heteroatoms. The third kappa shape index (κ3) is 5.16. The van der Waals surface area contributed by atoms with Crippen LogP contribution in [0.25, 0.3) is 0 Å². The van der Waals surface area contributed by atoms with Gasteiger partial charge in [-0.2, -0.15) is 11.3 Å². The van der Waals surface area contributed by atoms with Crippen LogP contribution < -0.4 is 5.32 Å². The van der Waals surface area contributed by atoms with E-state index in [1.165, 1.54) is 17.6 Å². The fourth-order valence-electron chi connectivity index (χ4n) is 1.56. The Morgan fingerprint density at radius 2 is 2.24 bits per heavy atom. The highest BCUT2D eigenvalue weighted by molar-refractivity contribution is 7.90. The molecule has 2 unspecified atom stereocenters. The van der Waals surface area contributed by atoms with Crippen LogP contribution in [0, 0.1) is 0 Å². The summed E-state index contributed by atoms with van der Waals surface area (Å²) in [5, 5.41) is 17.1. The predicted molar refractivity (Wildman–Crippen MR) is 71.1 cm³/mol. The van der Waals surface area contributed by atoms with Gasteiger partial charge in [0.25, 0.3) is 0 Å². The lowest BCUT2D eigenvalue weighted by atomic mass is 9.99. The second-order valence-electron chi connectivity index (χ2n) is 4.66. The Morgan fingerprint density at radius 1 is 1.59 bits per heavy atom. The maximum absolute atomic E-state index is 11.1. The van der Waals surface area contributed by atoms with Crippen LogP contribution in [0.3, 0.4) is 0 Å².